The maximum absolute atomic E-state index is 12.6. The summed E-state index contributed by atoms with van der Waals surface area (Å²) in [6.45, 7) is 0.0360. The van der Waals surface area contributed by atoms with Crippen LogP contribution >= 0.6 is 0 Å². The molecule has 0 saturated heterocycles. The lowest BCUT2D eigenvalue weighted by atomic mass is 10.2. The van der Waals surface area contributed by atoms with Crippen LogP contribution in [0.3, 0.4) is 0 Å². The molecule has 0 spiro atoms. The van der Waals surface area contributed by atoms with Gasteiger partial charge in [-0.1, -0.05) is 12.2 Å². The number of aliphatic hydroxyl groups excluding tert-OH is 1. The molecule has 1 rings (SSSR count). The van der Waals surface area contributed by atoms with Gasteiger partial charge in [-0.15, -0.1) is 0 Å². The highest BCUT2D eigenvalue weighted by Gasteiger charge is 1.96. The summed E-state index contributed by atoms with van der Waals surface area (Å²) in [5.41, 5.74) is 0.464. The van der Waals surface area contributed by atoms with E-state index in [1.54, 1.807) is 12.2 Å². The molecule has 0 aliphatic carbocycles. The molecule has 1 nitrogen and oxygen atoms in total. The maximum atomic E-state index is 12.6. The van der Waals surface area contributed by atoms with E-state index >= 15 is 0 Å². The number of halogens is 2. The highest BCUT2D eigenvalue weighted by Crippen LogP contribution is 2.09. The molecule has 0 atom stereocenters. The molecule has 0 amide bonds. The highest BCUT2D eigenvalue weighted by atomic mass is 19.1. The maximum Gasteiger partial charge on any atom is 0.126 e. The van der Waals surface area contributed by atoms with E-state index in [0.29, 0.717) is 12.0 Å². The van der Waals surface area contributed by atoms with Crippen molar-refractivity contribution in [3.63, 3.8) is 0 Å². The third kappa shape index (κ3) is 3.34. The molecular weight excluding hydrogens is 174 g/mol. The third-order valence-electron chi connectivity index (χ3n) is 1.49. The van der Waals surface area contributed by atoms with E-state index in [2.05, 4.69) is 0 Å². The molecule has 70 valence electrons. The van der Waals surface area contributed by atoms with Gasteiger partial charge in [0.25, 0.3) is 0 Å². The average Bonchev–Trinajstić information content (AvgIpc) is 2.03. The first-order valence-electron chi connectivity index (χ1n) is 3.96. The summed E-state index contributed by atoms with van der Waals surface area (Å²) < 4.78 is 25.2. The van der Waals surface area contributed by atoms with E-state index in [9.17, 15) is 8.78 Å². The van der Waals surface area contributed by atoms with Crippen LogP contribution in [0, 0.1) is 11.6 Å². The molecule has 0 aliphatic rings. The van der Waals surface area contributed by atoms with Gasteiger partial charge in [-0.2, -0.15) is 0 Å². The van der Waals surface area contributed by atoms with E-state index in [0.717, 1.165) is 6.07 Å². The lowest BCUT2D eigenvalue weighted by Crippen LogP contribution is -1.82. The topological polar surface area (TPSA) is 20.2 Å². The van der Waals surface area contributed by atoms with Crippen molar-refractivity contribution in [1.29, 1.82) is 0 Å². The summed E-state index contributed by atoms with van der Waals surface area (Å²) in [5.74, 6) is -1.19. The Balaban J connectivity index is 2.77. The van der Waals surface area contributed by atoms with Crippen molar-refractivity contribution >= 4 is 6.08 Å². The van der Waals surface area contributed by atoms with Crippen LogP contribution in [0.2, 0.25) is 0 Å². The molecule has 1 aromatic rings. The molecule has 0 fully saturated rings. The van der Waals surface area contributed by atoms with Gasteiger partial charge < -0.3 is 5.11 Å². The monoisotopic (exact) mass is 184 g/mol. The zero-order valence-electron chi connectivity index (χ0n) is 7.00. The Bertz CT molecular complexity index is 288. The Morgan fingerprint density at radius 3 is 2.31 bits per heavy atom. The van der Waals surface area contributed by atoms with Gasteiger partial charge in [0, 0.05) is 12.7 Å². The number of hydrogen-bond acceptors (Lipinski definition) is 1. The second kappa shape index (κ2) is 4.72. The second-order valence-electron chi connectivity index (χ2n) is 2.62. The summed E-state index contributed by atoms with van der Waals surface area (Å²) in [4.78, 5) is 0. The Labute approximate surface area is 75.3 Å². The van der Waals surface area contributed by atoms with Crippen LogP contribution in [0.5, 0.6) is 0 Å². The quantitative estimate of drug-likeness (QED) is 0.764. The molecule has 0 radical (unpaired) electrons. The second-order valence-corrected chi connectivity index (χ2v) is 2.62. The van der Waals surface area contributed by atoms with Crippen LogP contribution in [0.15, 0.2) is 24.3 Å². The van der Waals surface area contributed by atoms with Gasteiger partial charge in [0.1, 0.15) is 11.6 Å². The first kappa shape index (κ1) is 9.86. The Kier molecular flexibility index (Phi) is 3.58. The van der Waals surface area contributed by atoms with Gasteiger partial charge in [-0.05, 0) is 24.1 Å². The number of aliphatic hydroxyl groups is 1. The summed E-state index contributed by atoms with van der Waals surface area (Å²) in [7, 11) is 0. The fourth-order valence-electron chi connectivity index (χ4n) is 0.965. The molecule has 0 aromatic heterocycles. The zero-order chi connectivity index (χ0) is 9.68. The number of hydrogen-bond donors (Lipinski definition) is 1. The lowest BCUT2D eigenvalue weighted by Gasteiger charge is -1.94. The van der Waals surface area contributed by atoms with Gasteiger partial charge >= 0.3 is 0 Å². The molecule has 0 saturated carbocycles. The fraction of sp³-hybridized carbons (Fsp3) is 0.200. The molecule has 1 aromatic carbocycles. The molecule has 0 heterocycles. The lowest BCUT2D eigenvalue weighted by molar-refractivity contribution is 0.303. The fourth-order valence-corrected chi connectivity index (χ4v) is 0.965. The standard InChI is InChI=1S/C10H10F2O/c11-9-5-8(3-1-2-4-13)6-10(12)7-9/h1,3,5-7,13H,2,4H2. The smallest absolute Gasteiger partial charge is 0.126 e. The first-order valence-corrected chi connectivity index (χ1v) is 3.96. The van der Waals surface area contributed by atoms with Crippen molar-refractivity contribution in [3.05, 3.63) is 41.5 Å². The van der Waals surface area contributed by atoms with Crippen LogP contribution in [-0.4, -0.2) is 11.7 Å². The average molecular weight is 184 g/mol. The van der Waals surface area contributed by atoms with E-state index in [-0.39, 0.29) is 6.61 Å². The van der Waals surface area contributed by atoms with E-state index in [1.807, 2.05) is 0 Å². The predicted molar refractivity (Wildman–Crippen MR) is 47.1 cm³/mol. The Hall–Kier alpha value is -1.22. The number of rotatable bonds is 3. The molecule has 0 unspecified atom stereocenters. The summed E-state index contributed by atoms with van der Waals surface area (Å²) in [6.07, 6.45) is 3.72. The third-order valence-corrected chi connectivity index (χ3v) is 1.49. The predicted octanol–water partition coefficient (Wildman–Crippen LogP) is 2.36. The number of benzene rings is 1. The molecule has 3 heteroatoms. The van der Waals surface area contributed by atoms with Crippen molar-refractivity contribution in [2.24, 2.45) is 0 Å². The normalized spacial score (nSPS) is 11.0. The minimum Gasteiger partial charge on any atom is -0.396 e. The van der Waals surface area contributed by atoms with Gasteiger partial charge in [-0.3, -0.25) is 0 Å². The van der Waals surface area contributed by atoms with Gasteiger partial charge in [-0.25, -0.2) is 8.78 Å². The van der Waals surface area contributed by atoms with Crippen molar-refractivity contribution in [2.75, 3.05) is 6.61 Å². The van der Waals surface area contributed by atoms with Crippen molar-refractivity contribution in [2.45, 2.75) is 6.42 Å². The van der Waals surface area contributed by atoms with Crippen LogP contribution in [0.25, 0.3) is 6.08 Å². The minimum atomic E-state index is -0.594. The van der Waals surface area contributed by atoms with E-state index in [1.165, 1.54) is 12.1 Å². The van der Waals surface area contributed by atoms with E-state index < -0.39 is 11.6 Å². The Morgan fingerprint density at radius 2 is 1.77 bits per heavy atom. The summed E-state index contributed by atoms with van der Waals surface area (Å²) in [5, 5.41) is 8.45. The molecular formula is C10H10F2O. The van der Waals surface area contributed by atoms with Gasteiger partial charge in [0.15, 0.2) is 0 Å². The Morgan fingerprint density at radius 1 is 1.15 bits per heavy atom. The molecule has 0 bridgehead atoms. The van der Waals surface area contributed by atoms with Crippen molar-refractivity contribution < 1.29 is 13.9 Å². The van der Waals surface area contributed by atoms with Crippen LogP contribution in [-0.2, 0) is 0 Å². The van der Waals surface area contributed by atoms with Crippen molar-refractivity contribution in [3.8, 4) is 0 Å². The SMILES string of the molecule is OCCC=Cc1cc(F)cc(F)c1. The van der Waals surface area contributed by atoms with Crippen LogP contribution in [0.4, 0.5) is 8.78 Å². The zero-order valence-corrected chi connectivity index (χ0v) is 7.00. The first-order chi connectivity index (χ1) is 6.22. The minimum absolute atomic E-state index is 0.0360. The molecule has 0 aliphatic heterocycles. The van der Waals surface area contributed by atoms with Crippen LogP contribution < -0.4 is 0 Å². The van der Waals surface area contributed by atoms with Crippen molar-refractivity contribution in [1.82, 2.24) is 0 Å². The van der Waals surface area contributed by atoms with Gasteiger partial charge in [0.2, 0.25) is 0 Å². The summed E-state index contributed by atoms with van der Waals surface area (Å²) in [6, 6.07) is 3.29. The van der Waals surface area contributed by atoms with Crippen LogP contribution in [0.1, 0.15) is 12.0 Å². The molecule has 13 heavy (non-hydrogen) atoms. The van der Waals surface area contributed by atoms with Gasteiger partial charge in [0.05, 0.1) is 0 Å². The highest BCUT2D eigenvalue weighted by molar-refractivity contribution is 5.49. The summed E-state index contributed by atoms with van der Waals surface area (Å²) >= 11 is 0. The largest absolute Gasteiger partial charge is 0.396 e. The molecule has 1 N–H and O–H groups in total. The van der Waals surface area contributed by atoms with E-state index in [4.69, 9.17) is 5.11 Å².